The zero-order valence-corrected chi connectivity index (χ0v) is 19.8. The van der Waals surface area contributed by atoms with Crippen molar-refractivity contribution in [3.8, 4) is 0 Å². The number of amides is 2. The van der Waals surface area contributed by atoms with Crippen molar-refractivity contribution in [2.45, 2.75) is 26.1 Å². The van der Waals surface area contributed by atoms with Crippen LogP contribution in [0.1, 0.15) is 50.6 Å². The monoisotopic (exact) mass is 533 g/mol. The van der Waals surface area contributed by atoms with Crippen molar-refractivity contribution in [1.82, 2.24) is 25.3 Å². The topological polar surface area (TPSA) is 122 Å². The summed E-state index contributed by atoms with van der Waals surface area (Å²) in [6, 6.07) is 0.0103. The Morgan fingerprint density at radius 2 is 1.85 bits per heavy atom. The van der Waals surface area contributed by atoms with E-state index >= 15 is 0 Å². The van der Waals surface area contributed by atoms with Gasteiger partial charge in [-0.15, -0.1) is 11.3 Å². The Bertz CT molecular complexity index is 1220. The number of hydrogen-bond acceptors (Lipinski definition) is 8. The number of halogens is 5. The van der Waals surface area contributed by atoms with Crippen LogP contribution in [0.15, 0.2) is 24.8 Å². The highest BCUT2D eigenvalue weighted by Gasteiger charge is 2.34. The third-order valence-corrected chi connectivity index (χ3v) is 6.05. The predicted octanol–water partition coefficient (Wildman–Crippen LogP) is 4.83. The van der Waals surface area contributed by atoms with Crippen LogP contribution in [0.2, 0.25) is 10.0 Å². The molecule has 0 aliphatic heterocycles. The first kappa shape index (κ1) is 25.6. The van der Waals surface area contributed by atoms with Crippen LogP contribution in [0.5, 0.6) is 0 Å². The van der Waals surface area contributed by atoms with Crippen molar-refractivity contribution in [3.05, 3.63) is 56.0 Å². The summed E-state index contributed by atoms with van der Waals surface area (Å²) >= 11 is 12.7. The van der Waals surface area contributed by atoms with Crippen LogP contribution in [-0.2, 0) is 6.18 Å². The summed E-state index contributed by atoms with van der Waals surface area (Å²) in [5.41, 5.74) is -1.16. The summed E-state index contributed by atoms with van der Waals surface area (Å²) in [6.45, 7) is 4.02. The fourth-order valence-corrected chi connectivity index (χ4v) is 3.92. The molecule has 0 saturated heterocycles. The van der Waals surface area contributed by atoms with Gasteiger partial charge in [-0.1, -0.05) is 23.2 Å². The summed E-state index contributed by atoms with van der Waals surface area (Å²) in [6.07, 6.45) is -1.47. The number of nitrogens with zero attached hydrogens (tertiary/aromatic N) is 4. The van der Waals surface area contributed by atoms with Gasteiger partial charge in [0.1, 0.15) is 32.9 Å². The maximum absolute atomic E-state index is 13.0. The molecule has 2 amide bonds. The third-order valence-electron chi connectivity index (χ3n) is 4.22. The van der Waals surface area contributed by atoms with Crippen LogP contribution in [-0.4, -0.2) is 38.3 Å². The molecule has 0 aliphatic rings. The van der Waals surface area contributed by atoms with Gasteiger partial charge in [-0.3, -0.25) is 9.59 Å². The number of nitrogens with one attached hydrogen (secondary N) is 3. The van der Waals surface area contributed by atoms with E-state index in [1.54, 1.807) is 6.92 Å². The summed E-state index contributed by atoms with van der Waals surface area (Å²) < 4.78 is 39.0. The molecule has 9 nitrogen and oxygen atoms in total. The van der Waals surface area contributed by atoms with Crippen LogP contribution in [0.25, 0.3) is 0 Å². The standard InChI is InChI=1S/C19H16Cl2F3N7O2S/c1-3-25-15-13(21)14(28-7-29-15)17(33)30-8(2)18-27-6-11(34-18)16(32)31-12-4-9(19(22,23)24)10(20)5-26-12/h4-8H,3H2,1-2H3,(H,30,33)(H,25,28,29)(H,26,31,32). The number of carbonyl (C=O) groups is 2. The third kappa shape index (κ3) is 5.90. The van der Waals surface area contributed by atoms with E-state index in [2.05, 4.69) is 35.9 Å². The molecule has 0 saturated carbocycles. The Kier molecular flexibility index (Phi) is 7.89. The minimum absolute atomic E-state index is 0.0386. The molecule has 0 aliphatic carbocycles. The normalized spacial score (nSPS) is 12.2. The van der Waals surface area contributed by atoms with Crippen LogP contribution < -0.4 is 16.0 Å². The highest BCUT2D eigenvalue weighted by Crippen LogP contribution is 2.35. The first-order chi connectivity index (χ1) is 16.0. The number of alkyl halides is 3. The fraction of sp³-hybridized carbons (Fsp3) is 0.263. The molecule has 180 valence electrons. The van der Waals surface area contributed by atoms with Crippen molar-refractivity contribution in [3.63, 3.8) is 0 Å². The number of pyridine rings is 1. The van der Waals surface area contributed by atoms with Gasteiger partial charge < -0.3 is 16.0 Å². The fourth-order valence-electron chi connectivity index (χ4n) is 2.64. The minimum atomic E-state index is -4.70. The summed E-state index contributed by atoms with van der Waals surface area (Å²) in [5.74, 6) is -1.31. The second-order valence-corrected chi connectivity index (χ2v) is 8.52. The van der Waals surface area contributed by atoms with E-state index in [-0.39, 0.29) is 21.4 Å². The Hall–Kier alpha value is -3.03. The maximum Gasteiger partial charge on any atom is 0.418 e. The number of thiazole rings is 1. The van der Waals surface area contributed by atoms with E-state index in [0.717, 1.165) is 17.5 Å². The average molecular weight is 534 g/mol. The van der Waals surface area contributed by atoms with Gasteiger partial charge in [0.05, 0.1) is 22.8 Å². The smallest absolute Gasteiger partial charge is 0.369 e. The highest BCUT2D eigenvalue weighted by atomic mass is 35.5. The van der Waals surface area contributed by atoms with Crippen molar-refractivity contribution >= 4 is 58.0 Å². The summed E-state index contributed by atoms with van der Waals surface area (Å²) in [5, 5.41) is 7.71. The Labute approximate surface area is 205 Å². The lowest BCUT2D eigenvalue weighted by molar-refractivity contribution is -0.137. The lowest BCUT2D eigenvalue weighted by Gasteiger charge is -2.12. The van der Waals surface area contributed by atoms with E-state index in [1.807, 2.05) is 6.92 Å². The largest absolute Gasteiger partial charge is 0.418 e. The van der Waals surface area contributed by atoms with Gasteiger partial charge in [0.25, 0.3) is 11.8 Å². The quantitative estimate of drug-likeness (QED) is 0.397. The number of aromatic nitrogens is 4. The number of hydrogen-bond donors (Lipinski definition) is 3. The summed E-state index contributed by atoms with van der Waals surface area (Å²) in [7, 11) is 0. The van der Waals surface area contributed by atoms with Crippen molar-refractivity contribution in [1.29, 1.82) is 0 Å². The van der Waals surface area contributed by atoms with Crippen LogP contribution in [0, 0.1) is 0 Å². The second kappa shape index (κ2) is 10.5. The first-order valence-corrected chi connectivity index (χ1v) is 11.1. The molecule has 3 rings (SSSR count). The molecule has 3 N–H and O–H groups in total. The Morgan fingerprint density at radius 3 is 2.53 bits per heavy atom. The molecule has 3 aromatic heterocycles. The molecule has 0 radical (unpaired) electrons. The van der Waals surface area contributed by atoms with Crippen LogP contribution in [0.3, 0.4) is 0 Å². The first-order valence-electron chi connectivity index (χ1n) is 9.56. The Morgan fingerprint density at radius 1 is 1.12 bits per heavy atom. The molecular weight excluding hydrogens is 518 g/mol. The molecule has 0 bridgehead atoms. The van der Waals surface area contributed by atoms with Gasteiger partial charge in [0.2, 0.25) is 0 Å². The highest BCUT2D eigenvalue weighted by molar-refractivity contribution is 7.13. The zero-order chi connectivity index (χ0) is 25.0. The number of anilines is 2. The van der Waals surface area contributed by atoms with Gasteiger partial charge in [-0.05, 0) is 19.9 Å². The maximum atomic E-state index is 13.0. The molecule has 34 heavy (non-hydrogen) atoms. The molecule has 0 aromatic carbocycles. The average Bonchev–Trinajstić information content (AvgIpc) is 3.26. The SMILES string of the molecule is CCNc1ncnc(C(=O)NC(C)c2ncc(C(=O)Nc3cc(C(F)(F)F)c(Cl)cn3)s2)c1Cl. The predicted molar refractivity (Wildman–Crippen MR) is 121 cm³/mol. The Balaban J connectivity index is 1.70. The summed E-state index contributed by atoms with van der Waals surface area (Å²) in [4.78, 5) is 40.8. The van der Waals surface area contributed by atoms with Crippen LogP contribution >= 0.6 is 34.5 Å². The van der Waals surface area contributed by atoms with E-state index in [1.165, 1.54) is 12.5 Å². The minimum Gasteiger partial charge on any atom is -0.369 e. The van der Waals surface area contributed by atoms with E-state index in [4.69, 9.17) is 23.2 Å². The molecule has 3 heterocycles. The molecule has 0 fully saturated rings. The van der Waals surface area contributed by atoms with E-state index in [9.17, 15) is 22.8 Å². The zero-order valence-electron chi connectivity index (χ0n) is 17.5. The van der Waals surface area contributed by atoms with Gasteiger partial charge in [0, 0.05) is 12.7 Å². The molecule has 1 atom stereocenters. The molecule has 15 heteroatoms. The lowest BCUT2D eigenvalue weighted by atomic mass is 10.2. The van der Waals surface area contributed by atoms with Gasteiger partial charge >= 0.3 is 6.18 Å². The molecule has 3 aromatic rings. The van der Waals surface area contributed by atoms with Crippen molar-refractivity contribution < 1.29 is 22.8 Å². The van der Waals surface area contributed by atoms with Gasteiger partial charge in [-0.2, -0.15) is 13.2 Å². The van der Waals surface area contributed by atoms with Crippen LogP contribution in [0.4, 0.5) is 24.8 Å². The second-order valence-electron chi connectivity index (χ2n) is 6.67. The van der Waals surface area contributed by atoms with Gasteiger partial charge in [-0.25, -0.2) is 19.9 Å². The van der Waals surface area contributed by atoms with E-state index < -0.39 is 34.6 Å². The number of carbonyl (C=O) groups excluding carboxylic acids is 2. The molecule has 1 unspecified atom stereocenters. The van der Waals surface area contributed by atoms with Crippen molar-refractivity contribution in [2.24, 2.45) is 0 Å². The lowest BCUT2D eigenvalue weighted by Crippen LogP contribution is -2.28. The van der Waals surface area contributed by atoms with Crippen molar-refractivity contribution in [2.75, 3.05) is 17.2 Å². The van der Waals surface area contributed by atoms with E-state index in [0.29, 0.717) is 23.4 Å². The van der Waals surface area contributed by atoms with Gasteiger partial charge in [0.15, 0.2) is 5.69 Å². The molecule has 0 spiro atoms. The molecular formula is C19H16Cl2F3N7O2S. The number of rotatable bonds is 7.